The summed E-state index contributed by atoms with van der Waals surface area (Å²) in [4.78, 5) is 13.5. The van der Waals surface area contributed by atoms with E-state index in [0.717, 1.165) is 58.1 Å². The molecule has 0 bridgehead atoms. The maximum Gasteiger partial charge on any atom is 0.225 e. The third-order valence-electron chi connectivity index (χ3n) is 3.53. The van der Waals surface area contributed by atoms with Crippen molar-refractivity contribution in [3.8, 4) is 0 Å². The average molecular weight is 263 g/mol. The molecular weight excluding hydrogens is 238 g/mol. The summed E-state index contributed by atoms with van der Waals surface area (Å²) in [7, 11) is 2.07. The summed E-state index contributed by atoms with van der Waals surface area (Å²) in [5.41, 5.74) is 1.22. The van der Waals surface area contributed by atoms with Gasteiger partial charge in [0.1, 0.15) is 0 Å². The van der Waals surface area contributed by atoms with Crippen molar-refractivity contribution >= 4 is 5.95 Å². The number of hydrogen-bond donors (Lipinski definition) is 1. The van der Waals surface area contributed by atoms with Gasteiger partial charge in [0.05, 0.1) is 0 Å². The number of nitrogens with one attached hydrogen (secondary N) is 1. The van der Waals surface area contributed by atoms with E-state index in [1.165, 1.54) is 5.56 Å². The van der Waals surface area contributed by atoms with Gasteiger partial charge in [0.2, 0.25) is 5.95 Å². The smallest absolute Gasteiger partial charge is 0.225 e. The van der Waals surface area contributed by atoms with Crippen LogP contribution in [0.3, 0.4) is 0 Å². The molecule has 5 nitrogen and oxygen atoms in total. The highest BCUT2D eigenvalue weighted by Crippen LogP contribution is 2.06. The van der Waals surface area contributed by atoms with Crippen LogP contribution in [0.5, 0.6) is 0 Å². The number of nitrogens with zero attached hydrogens (tertiary/aromatic N) is 4. The molecule has 0 unspecified atom stereocenters. The second kappa shape index (κ2) is 7.40. The number of aromatic nitrogens is 2. The summed E-state index contributed by atoms with van der Waals surface area (Å²) in [5.74, 6) is 0.829. The summed E-state index contributed by atoms with van der Waals surface area (Å²) in [6.45, 7) is 8.73. The van der Waals surface area contributed by atoms with Gasteiger partial charge in [-0.15, -0.1) is 0 Å². The van der Waals surface area contributed by atoms with Gasteiger partial charge in [0.25, 0.3) is 0 Å². The zero-order valence-corrected chi connectivity index (χ0v) is 12.1. The quantitative estimate of drug-likeness (QED) is 0.821. The first-order valence-corrected chi connectivity index (χ1v) is 7.24. The molecule has 0 atom stereocenters. The molecule has 1 aliphatic rings. The number of hydrogen-bond acceptors (Lipinski definition) is 5. The van der Waals surface area contributed by atoms with E-state index in [0.29, 0.717) is 0 Å². The third kappa shape index (κ3) is 4.44. The van der Waals surface area contributed by atoms with Gasteiger partial charge < -0.3 is 10.2 Å². The van der Waals surface area contributed by atoms with E-state index in [1.54, 1.807) is 0 Å². The van der Waals surface area contributed by atoms with E-state index in [4.69, 9.17) is 0 Å². The standard InChI is InChI=1S/C14H25N5/c1-3-4-13-11-16-14(17-12-13)18(2)9-10-19-7-5-15-6-8-19/h11-12,15H,3-10H2,1-2H3. The Balaban J connectivity index is 1.79. The summed E-state index contributed by atoms with van der Waals surface area (Å²) < 4.78 is 0. The molecule has 0 spiro atoms. The minimum absolute atomic E-state index is 0.829. The van der Waals surface area contributed by atoms with Gasteiger partial charge in [-0.05, 0) is 12.0 Å². The zero-order chi connectivity index (χ0) is 13.5. The molecule has 106 valence electrons. The number of piperazine rings is 1. The van der Waals surface area contributed by atoms with E-state index >= 15 is 0 Å². The van der Waals surface area contributed by atoms with Crippen molar-refractivity contribution in [2.45, 2.75) is 19.8 Å². The highest BCUT2D eigenvalue weighted by Gasteiger charge is 2.11. The molecule has 1 N–H and O–H groups in total. The topological polar surface area (TPSA) is 44.3 Å². The summed E-state index contributed by atoms with van der Waals surface area (Å²) in [6, 6.07) is 0. The lowest BCUT2D eigenvalue weighted by Gasteiger charge is -2.29. The fraction of sp³-hybridized carbons (Fsp3) is 0.714. The van der Waals surface area contributed by atoms with Crippen LogP contribution in [0.15, 0.2) is 12.4 Å². The molecule has 0 aromatic carbocycles. The lowest BCUT2D eigenvalue weighted by Crippen LogP contribution is -2.46. The molecule has 5 heteroatoms. The van der Waals surface area contributed by atoms with Gasteiger partial charge in [0, 0.05) is 58.7 Å². The fourth-order valence-electron chi connectivity index (χ4n) is 2.29. The molecule has 1 aliphatic heterocycles. The first-order chi connectivity index (χ1) is 9.29. The lowest BCUT2D eigenvalue weighted by molar-refractivity contribution is 0.246. The van der Waals surface area contributed by atoms with Crippen LogP contribution in [0.2, 0.25) is 0 Å². The number of aryl methyl sites for hydroxylation is 1. The zero-order valence-electron chi connectivity index (χ0n) is 12.1. The molecule has 1 saturated heterocycles. The van der Waals surface area contributed by atoms with E-state index in [1.807, 2.05) is 12.4 Å². The predicted octanol–water partition coefficient (Wildman–Crippen LogP) is 0.771. The first kappa shape index (κ1) is 14.2. The second-order valence-corrected chi connectivity index (χ2v) is 5.15. The Morgan fingerprint density at radius 1 is 1.26 bits per heavy atom. The molecular formula is C14H25N5. The molecule has 0 saturated carbocycles. The molecule has 2 heterocycles. The van der Waals surface area contributed by atoms with Crippen LogP contribution in [-0.4, -0.2) is 61.2 Å². The van der Waals surface area contributed by atoms with Gasteiger partial charge in [-0.25, -0.2) is 9.97 Å². The van der Waals surface area contributed by atoms with Crippen molar-refractivity contribution in [3.05, 3.63) is 18.0 Å². The Kier molecular flexibility index (Phi) is 5.54. The minimum atomic E-state index is 0.829. The monoisotopic (exact) mass is 263 g/mol. The van der Waals surface area contributed by atoms with Crippen LogP contribution < -0.4 is 10.2 Å². The van der Waals surface area contributed by atoms with Crippen LogP contribution in [0.4, 0.5) is 5.95 Å². The Hall–Kier alpha value is -1.20. The van der Waals surface area contributed by atoms with Crippen LogP contribution in [0.25, 0.3) is 0 Å². The Labute approximate surface area is 116 Å². The largest absolute Gasteiger partial charge is 0.343 e. The molecule has 0 radical (unpaired) electrons. The maximum absolute atomic E-state index is 4.44. The fourth-order valence-corrected chi connectivity index (χ4v) is 2.29. The van der Waals surface area contributed by atoms with Crippen LogP contribution in [0, 0.1) is 0 Å². The van der Waals surface area contributed by atoms with Crippen LogP contribution in [0.1, 0.15) is 18.9 Å². The molecule has 1 aromatic rings. The average Bonchev–Trinajstić information content (AvgIpc) is 2.47. The van der Waals surface area contributed by atoms with Crippen molar-refractivity contribution in [2.75, 3.05) is 51.2 Å². The number of rotatable bonds is 6. The molecule has 2 rings (SSSR count). The molecule has 0 aliphatic carbocycles. The van der Waals surface area contributed by atoms with Crippen molar-refractivity contribution in [1.82, 2.24) is 20.2 Å². The molecule has 1 aromatic heterocycles. The summed E-state index contributed by atoms with van der Waals surface area (Å²) in [6.07, 6.45) is 6.10. The van der Waals surface area contributed by atoms with Crippen molar-refractivity contribution in [3.63, 3.8) is 0 Å². The highest BCUT2D eigenvalue weighted by atomic mass is 15.3. The molecule has 1 fully saturated rings. The molecule has 0 amide bonds. The van der Waals surface area contributed by atoms with Crippen molar-refractivity contribution < 1.29 is 0 Å². The maximum atomic E-state index is 4.44. The van der Waals surface area contributed by atoms with Gasteiger partial charge in [-0.1, -0.05) is 13.3 Å². The lowest BCUT2D eigenvalue weighted by atomic mass is 10.2. The summed E-state index contributed by atoms with van der Waals surface area (Å²) in [5, 5.41) is 3.37. The van der Waals surface area contributed by atoms with Gasteiger partial charge in [-0.2, -0.15) is 0 Å². The van der Waals surface area contributed by atoms with Crippen molar-refractivity contribution in [2.24, 2.45) is 0 Å². The van der Waals surface area contributed by atoms with Gasteiger partial charge >= 0.3 is 0 Å². The Morgan fingerprint density at radius 2 is 1.95 bits per heavy atom. The summed E-state index contributed by atoms with van der Waals surface area (Å²) >= 11 is 0. The Morgan fingerprint density at radius 3 is 2.58 bits per heavy atom. The molecule has 19 heavy (non-hydrogen) atoms. The van der Waals surface area contributed by atoms with Gasteiger partial charge in [-0.3, -0.25) is 4.90 Å². The van der Waals surface area contributed by atoms with E-state index < -0.39 is 0 Å². The highest BCUT2D eigenvalue weighted by molar-refractivity contribution is 5.28. The van der Waals surface area contributed by atoms with E-state index in [9.17, 15) is 0 Å². The normalized spacial score (nSPS) is 16.5. The van der Waals surface area contributed by atoms with E-state index in [2.05, 4.69) is 39.1 Å². The van der Waals surface area contributed by atoms with Crippen molar-refractivity contribution in [1.29, 1.82) is 0 Å². The first-order valence-electron chi connectivity index (χ1n) is 7.24. The van der Waals surface area contributed by atoms with Gasteiger partial charge in [0.15, 0.2) is 0 Å². The second-order valence-electron chi connectivity index (χ2n) is 5.15. The Bertz CT molecular complexity index is 359. The predicted molar refractivity (Wildman–Crippen MR) is 78.6 cm³/mol. The van der Waals surface area contributed by atoms with E-state index in [-0.39, 0.29) is 0 Å². The third-order valence-corrected chi connectivity index (χ3v) is 3.53. The SMILES string of the molecule is CCCc1cnc(N(C)CCN2CCNCC2)nc1. The number of likely N-dealkylation sites (N-methyl/N-ethyl adjacent to an activating group) is 1. The van der Waals surface area contributed by atoms with Crippen LogP contribution >= 0.6 is 0 Å². The minimum Gasteiger partial charge on any atom is -0.343 e. The number of anilines is 1. The van der Waals surface area contributed by atoms with Crippen LogP contribution in [-0.2, 0) is 6.42 Å².